The summed E-state index contributed by atoms with van der Waals surface area (Å²) in [4.78, 5) is 25.7. The van der Waals surface area contributed by atoms with Gasteiger partial charge < -0.3 is 10.4 Å². The van der Waals surface area contributed by atoms with E-state index in [1.54, 1.807) is 36.5 Å². The number of carbonyl (C=O) groups is 2. The maximum atomic E-state index is 13.2. The average molecular weight is 523 g/mol. The molecule has 9 heteroatoms. The number of amides is 2. The molecular formula is C27H30ClF3N2O3. The highest BCUT2D eigenvalue weighted by Crippen LogP contribution is 2.43. The Morgan fingerprint density at radius 1 is 1.14 bits per heavy atom. The number of benzene rings is 2. The van der Waals surface area contributed by atoms with Crippen LogP contribution in [0.3, 0.4) is 0 Å². The summed E-state index contributed by atoms with van der Waals surface area (Å²) in [7, 11) is 0. The molecule has 0 radical (unpaired) electrons. The minimum Gasteiger partial charge on any atom is -0.478 e. The zero-order valence-corrected chi connectivity index (χ0v) is 21.6. The molecule has 0 unspecified atom stereocenters. The fourth-order valence-electron chi connectivity index (χ4n) is 4.24. The number of hydrogen-bond acceptors (Lipinski definition) is 2. The molecule has 0 saturated heterocycles. The fraction of sp³-hybridized carbons (Fsp3) is 0.407. The number of carboxylic acids is 1. The predicted octanol–water partition coefficient (Wildman–Crippen LogP) is 7.54. The Morgan fingerprint density at radius 2 is 1.75 bits per heavy atom. The molecule has 0 aliphatic carbocycles. The summed E-state index contributed by atoms with van der Waals surface area (Å²) < 4.78 is 39.7. The van der Waals surface area contributed by atoms with Crippen molar-refractivity contribution in [2.45, 2.75) is 59.2 Å². The topological polar surface area (TPSA) is 69.6 Å². The third-order valence-corrected chi connectivity index (χ3v) is 7.20. The summed E-state index contributed by atoms with van der Waals surface area (Å²) >= 11 is 6.51. The number of rotatable bonds is 7. The van der Waals surface area contributed by atoms with Crippen molar-refractivity contribution in [3.8, 4) is 0 Å². The second-order valence-electron chi connectivity index (χ2n) is 10.2. The van der Waals surface area contributed by atoms with Crippen molar-refractivity contribution in [3.63, 3.8) is 0 Å². The summed E-state index contributed by atoms with van der Waals surface area (Å²) in [5.74, 6) is -1.04. The molecule has 3 rings (SSSR count). The van der Waals surface area contributed by atoms with E-state index in [0.717, 1.165) is 5.57 Å². The van der Waals surface area contributed by atoms with Crippen LogP contribution < -0.4 is 10.2 Å². The lowest BCUT2D eigenvalue weighted by Crippen LogP contribution is -2.54. The highest BCUT2D eigenvalue weighted by atomic mass is 35.5. The lowest BCUT2D eigenvalue weighted by molar-refractivity contribution is -0.213. The molecule has 0 bridgehead atoms. The first kappa shape index (κ1) is 27.6. The Kier molecular flexibility index (Phi) is 7.51. The molecule has 0 fully saturated rings. The standard InChI is InChI=1S/C27H30ClF3N2O3/c1-16(2)21-15-33(20-10-7-18(8-11-20)23(34)35)24(36)32-26(21,5)19-9-6-17(22(28)14-19)12-13-25(3,4)27(29,30)31/h6-11,14-16H,12-13H2,1-5H3,(H,32,36)(H,34,35)/t26-/m0/s1. The van der Waals surface area contributed by atoms with Crippen LogP contribution in [0.25, 0.3) is 0 Å². The second kappa shape index (κ2) is 9.81. The van der Waals surface area contributed by atoms with E-state index in [4.69, 9.17) is 16.7 Å². The second-order valence-corrected chi connectivity index (χ2v) is 10.6. The van der Waals surface area contributed by atoms with Crippen molar-refractivity contribution < 1.29 is 27.9 Å². The van der Waals surface area contributed by atoms with Gasteiger partial charge in [-0.2, -0.15) is 13.2 Å². The molecule has 1 aliphatic heterocycles. The molecule has 0 aromatic heterocycles. The smallest absolute Gasteiger partial charge is 0.393 e. The number of carbonyl (C=O) groups excluding carboxylic acids is 1. The molecule has 1 atom stereocenters. The van der Waals surface area contributed by atoms with Gasteiger partial charge in [0.25, 0.3) is 0 Å². The van der Waals surface area contributed by atoms with Gasteiger partial charge >= 0.3 is 18.2 Å². The van der Waals surface area contributed by atoms with Gasteiger partial charge in [0.15, 0.2) is 0 Å². The number of nitrogens with zero attached hydrogens (tertiary/aromatic N) is 1. The van der Waals surface area contributed by atoms with Crippen molar-refractivity contribution >= 4 is 29.3 Å². The van der Waals surface area contributed by atoms with Crippen molar-refractivity contribution in [2.75, 3.05) is 4.90 Å². The quantitative estimate of drug-likeness (QED) is 0.394. The third kappa shape index (κ3) is 5.38. The Bertz CT molecular complexity index is 1190. The molecule has 2 amide bonds. The number of anilines is 1. The summed E-state index contributed by atoms with van der Waals surface area (Å²) in [6.07, 6.45) is -2.50. The van der Waals surface area contributed by atoms with Crippen LogP contribution in [-0.4, -0.2) is 23.3 Å². The van der Waals surface area contributed by atoms with Crippen LogP contribution in [0.5, 0.6) is 0 Å². The number of nitrogens with one attached hydrogen (secondary N) is 1. The summed E-state index contributed by atoms with van der Waals surface area (Å²) in [6.45, 7) is 8.19. The number of aryl methyl sites for hydroxylation is 1. The largest absolute Gasteiger partial charge is 0.478 e. The molecule has 2 aromatic carbocycles. The van der Waals surface area contributed by atoms with Crippen molar-refractivity contribution in [1.82, 2.24) is 5.32 Å². The molecule has 36 heavy (non-hydrogen) atoms. The van der Waals surface area contributed by atoms with Gasteiger partial charge in [-0.1, -0.05) is 51.4 Å². The first-order chi connectivity index (χ1) is 16.6. The van der Waals surface area contributed by atoms with Gasteiger partial charge in [0, 0.05) is 11.2 Å². The number of alkyl halides is 3. The fourth-order valence-corrected chi connectivity index (χ4v) is 4.52. The van der Waals surface area contributed by atoms with E-state index < -0.39 is 29.1 Å². The van der Waals surface area contributed by atoms with Gasteiger partial charge in [-0.25, -0.2) is 9.59 Å². The molecule has 5 nitrogen and oxygen atoms in total. The first-order valence-electron chi connectivity index (χ1n) is 11.6. The minimum atomic E-state index is -4.31. The molecule has 2 N–H and O–H groups in total. The molecule has 0 spiro atoms. The van der Waals surface area contributed by atoms with E-state index in [1.165, 1.54) is 30.9 Å². The van der Waals surface area contributed by atoms with Gasteiger partial charge in [0.05, 0.1) is 22.2 Å². The Balaban J connectivity index is 1.93. The third-order valence-electron chi connectivity index (χ3n) is 6.85. The number of hydrogen-bond donors (Lipinski definition) is 2. The molecule has 194 valence electrons. The molecule has 2 aromatic rings. The lowest BCUT2D eigenvalue weighted by Gasteiger charge is -2.42. The van der Waals surface area contributed by atoms with Crippen LogP contribution in [0.4, 0.5) is 23.7 Å². The number of urea groups is 1. The molecule has 1 aliphatic rings. The van der Waals surface area contributed by atoms with Gasteiger partial charge in [0.1, 0.15) is 0 Å². The maximum Gasteiger partial charge on any atom is 0.393 e. The van der Waals surface area contributed by atoms with E-state index in [2.05, 4.69) is 5.32 Å². The Hall–Kier alpha value is -3.00. The number of aromatic carboxylic acids is 1. The maximum absolute atomic E-state index is 13.2. The van der Waals surface area contributed by atoms with Crippen molar-refractivity contribution in [3.05, 3.63) is 76.0 Å². The molecule has 1 heterocycles. The van der Waals surface area contributed by atoms with Gasteiger partial charge in [-0.05, 0) is 72.7 Å². The molecule has 0 saturated carbocycles. The zero-order valence-electron chi connectivity index (χ0n) is 20.8. The normalized spacial score (nSPS) is 18.8. The summed E-state index contributed by atoms with van der Waals surface area (Å²) in [6, 6.07) is 10.8. The van der Waals surface area contributed by atoms with Crippen LogP contribution >= 0.6 is 11.6 Å². The van der Waals surface area contributed by atoms with E-state index in [1.807, 2.05) is 20.8 Å². The SMILES string of the molecule is CC(C)C1=CN(c2ccc(C(=O)O)cc2)C(=O)N[C@@]1(C)c1ccc(CCC(C)(C)C(F)(F)F)c(Cl)c1. The van der Waals surface area contributed by atoms with Crippen LogP contribution in [0, 0.1) is 11.3 Å². The van der Waals surface area contributed by atoms with Gasteiger partial charge in [-0.3, -0.25) is 4.90 Å². The highest BCUT2D eigenvalue weighted by Gasteiger charge is 2.46. The molecular weight excluding hydrogens is 493 g/mol. The first-order valence-corrected chi connectivity index (χ1v) is 12.0. The monoisotopic (exact) mass is 522 g/mol. The van der Waals surface area contributed by atoms with E-state index in [9.17, 15) is 22.8 Å². The number of carboxylic acid groups (broad SMARTS) is 1. The zero-order chi connectivity index (χ0) is 27.1. The predicted molar refractivity (Wildman–Crippen MR) is 134 cm³/mol. The van der Waals surface area contributed by atoms with Crippen LogP contribution in [0.15, 0.2) is 54.2 Å². The summed E-state index contributed by atoms with van der Waals surface area (Å²) in [5.41, 5.74) is 0.0835. The van der Waals surface area contributed by atoms with Crippen molar-refractivity contribution in [2.24, 2.45) is 11.3 Å². The van der Waals surface area contributed by atoms with Crippen LogP contribution in [0.1, 0.15) is 62.5 Å². The highest BCUT2D eigenvalue weighted by molar-refractivity contribution is 6.31. The summed E-state index contributed by atoms with van der Waals surface area (Å²) in [5, 5.41) is 12.5. The van der Waals surface area contributed by atoms with Crippen molar-refractivity contribution in [1.29, 1.82) is 0 Å². The van der Waals surface area contributed by atoms with E-state index in [-0.39, 0.29) is 24.3 Å². The van der Waals surface area contributed by atoms with Gasteiger partial charge in [-0.15, -0.1) is 0 Å². The average Bonchev–Trinajstić information content (AvgIpc) is 2.77. The van der Waals surface area contributed by atoms with Crippen LogP contribution in [0.2, 0.25) is 5.02 Å². The van der Waals surface area contributed by atoms with E-state index in [0.29, 0.717) is 21.8 Å². The lowest BCUT2D eigenvalue weighted by atomic mass is 9.77. The van der Waals surface area contributed by atoms with Crippen LogP contribution in [-0.2, 0) is 12.0 Å². The van der Waals surface area contributed by atoms with Gasteiger partial charge in [0.2, 0.25) is 0 Å². The van der Waals surface area contributed by atoms with E-state index >= 15 is 0 Å². The number of halogens is 4. The minimum absolute atomic E-state index is 0.0161. The Morgan fingerprint density at radius 3 is 2.25 bits per heavy atom. The Labute approximate surface area is 213 Å².